The van der Waals surface area contributed by atoms with Gasteiger partial charge in [-0.05, 0) is 25.1 Å². The highest BCUT2D eigenvalue weighted by Crippen LogP contribution is 2.43. The van der Waals surface area contributed by atoms with Crippen molar-refractivity contribution in [2.24, 2.45) is 0 Å². The highest BCUT2D eigenvalue weighted by Gasteiger charge is 2.50. The van der Waals surface area contributed by atoms with Crippen molar-refractivity contribution < 1.29 is 19.4 Å². The summed E-state index contributed by atoms with van der Waals surface area (Å²) in [6, 6.07) is 5.35. The first-order valence-corrected chi connectivity index (χ1v) is 8.35. The number of Topliss-reactive ketones (excluding diaryl/α,β-unsaturated/α-hetero) is 1. The normalized spacial score (nSPS) is 24.8. The summed E-state index contributed by atoms with van der Waals surface area (Å²) in [5.41, 5.74) is -0.634. The number of halogens is 1. The summed E-state index contributed by atoms with van der Waals surface area (Å²) in [5, 5.41) is 10.9. The molecule has 1 fully saturated rings. The van der Waals surface area contributed by atoms with Gasteiger partial charge in [-0.15, -0.1) is 0 Å². The van der Waals surface area contributed by atoms with Gasteiger partial charge in [-0.3, -0.25) is 19.4 Å². The maximum Gasteiger partial charge on any atom is 0.265 e. The zero-order valence-electron chi connectivity index (χ0n) is 12.9. The van der Waals surface area contributed by atoms with Gasteiger partial charge in [-0.2, -0.15) is 0 Å². The number of hydrogen-bond acceptors (Lipinski definition) is 5. The Morgan fingerprint density at radius 2 is 2.09 bits per heavy atom. The van der Waals surface area contributed by atoms with Gasteiger partial charge in [0.2, 0.25) is 0 Å². The first kappa shape index (κ1) is 16.6. The second kappa shape index (κ2) is 6.32. The van der Waals surface area contributed by atoms with Crippen molar-refractivity contribution in [2.75, 3.05) is 37.9 Å². The first-order chi connectivity index (χ1) is 10.9. The fraction of sp³-hybridized carbons (Fsp3) is 0.500. The van der Waals surface area contributed by atoms with Gasteiger partial charge in [-0.1, -0.05) is 15.9 Å². The second-order valence-electron chi connectivity index (χ2n) is 6.01. The van der Waals surface area contributed by atoms with Crippen LogP contribution in [0.3, 0.4) is 0 Å². The van der Waals surface area contributed by atoms with Gasteiger partial charge in [0.15, 0.2) is 5.60 Å². The van der Waals surface area contributed by atoms with E-state index in [4.69, 9.17) is 4.74 Å². The highest BCUT2D eigenvalue weighted by atomic mass is 79.9. The van der Waals surface area contributed by atoms with Crippen LogP contribution in [0.2, 0.25) is 0 Å². The van der Waals surface area contributed by atoms with Crippen molar-refractivity contribution in [2.45, 2.75) is 18.9 Å². The molecule has 0 saturated carbocycles. The topological polar surface area (TPSA) is 70.1 Å². The van der Waals surface area contributed by atoms with E-state index in [-0.39, 0.29) is 12.2 Å². The van der Waals surface area contributed by atoms with Crippen LogP contribution in [0.25, 0.3) is 0 Å². The molecule has 1 aromatic carbocycles. The minimum absolute atomic E-state index is 0.213. The summed E-state index contributed by atoms with van der Waals surface area (Å²) < 4.78 is 6.09. The zero-order valence-corrected chi connectivity index (χ0v) is 14.5. The van der Waals surface area contributed by atoms with Crippen LogP contribution in [0, 0.1) is 0 Å². The number of ether oxygens (including phenoxy) is 1. The summed E-state index contributed by atoms with van der Waals surface area (Å²) in [4.78, 5) is 28.1. The Labute approximate surface area is 143 Å². The lowest BCUT2D eigenvalue weighted by molar-refractivity contribution is -0.141. The molecule has 7 heteroatoms. The first-order valence-electron chi connectivity index (χ1n) is 7.56. The summed E-state index contributed by atoms with van der Waals surface area (Å²) >= 11 is 3.37. The van der Waals surface area contributed by atoms with Crippen molar-refractivity contribution >= 4 is 33.3 Å². The van der Waals surface area contributed by atoms with Crippen LogP contribution in [-0.2, 0) is 19.9 Å². The van der Waals surface area contributed by atoms with Crippen LogP contribution in [-0.4, -0.2) is 54.7 Å². The van der Waals surface area contributed by atoms with Crippen molar-refractivity contribution in [3.63, 3.8) is 0 Å². The van der Waals surface area contributed by atoms with Crippen molar-refractivity contribution in [1.29, 1.82) is 0 Å². The average Bonchev–Trinajstić information content (AvgIpc) is 2.70. The smallest absolute Gasteiger partial charge is 0.265 e. The number of fused-ring (bicyclic) bond motifs is 1. The molecule has 1 amide bonds. The van der Waals surface area contributed by atoms with E-state index in [1.807, 2.05) is 6.07 Å². The van der Waals surface area contributed by atoms with Crippen LogP contribution in [0.15, 0.2) is 22.7 Å². The predicted molar refractivity (Wildman–Crippen MR) is 88.1 cm³/mol. The fourth-order valence-electron chi connectivity index (χ4n) is 3.14. The SMILES string of the molecule is CC(=O)CC1(O)C(=O)N(CN2CCOCC2)c2ccc(Br)cc21. The Kier molecular flexibility index (Phi) is 4.55. The standard InChI is InChI=1S/C16H19BrN2O4/c1-11(20)9-16(22)13-8-12(17)2-3-14(13)19(15(16)21)10-18-4-6-23-7-5-18/h2-3,8,22H,4-7,9-10H2,1H3. The molecular weight excluding hydrogens is 364 g/mol. The van der Waals surface area contributed by atoms with Gasteiger partial charge in [0, 0.05) is 29.5 Å². The number of carbonyl (C=O) groups is 2. The van der Waals surface area contributed by atoms with Gasteiger partial charge in [0.05, 0.1) is 25.6 Å². The number of morpholine rings is 1. The third kappa shape index (κ3) is 3.06. The molecule has 0 bridgehead atoms. The molecule has 2 heterocycles. The Bertz CT molecular complexity index is 645. The number of anilines is 1. The van der Waals surface area contributed by atoms with Crippen LogP contribution in [0.5, 0.6) is 0 Å². The monoisotopic (exact) mass is 382 g/mol. The summed E-state index contributed by atoms with van der Waals surface area (Å²) in [6.45, 7) is 4.51. The lowest BCUT2D eigenvalue weighted by Gasteiger charge is -2.31. The molecule has 6 nitrogen and oxygen atoms in total. The summed E-state index contributed by atoms with van der Waals surface area (Å²) in [7, 11) is 0. The third-order valence-corrected chi connectivity index (χ3v) is 4.74. The van der Waals surface area contributed by atoms with Crippen LogP contribution < -0.4 is 4.90 Å². The van der Waals surface area contributed by atoms with Crippen molar-refractivity contribution in [3.05, 3.63) is 28.2 Å². The molecule has 1 atom stereocenters. The third-order valence-electron chi connectivity index (χ3n) is 4.24. The Hall–Kier alpha value is -1.28. The van der Waals surface area contributed by atoms with E-state index in [0.717, 1.165) is 17.6 Å². The van der Waals surface area contributed by atoms with Crippen molar-refractivity contribution in [3.8, 4) is 0 Å². The predicted octanol–water partition coefficient (Wildman–Crippen LogP) is 1.25. The quantitative estimate of drug-likeness (QED) is 0.848. The minimum Gasteiger partial charge on any atom is -0.379 e. The molecular formula is C16H19BrN2O4. The minimum atomic E-state index is -1.78. The number of rotatable bonds is 4. The molecule has 0 aromatic heterocycles. The molecule has 23 heavy (non-hydrogen) atoms. The Morgan fingerprint density at radius 1 is 1.39 bits per heavy atom. The van der Waals surface area contributed by atoms with Gasteiger partial charge < -0.3 is 9.84 Å². The van der Waals surface area contributed by atoms with Gasteiger partial charge in [0.1, 0.15) is 5.78 Å². The Balaban J connectivity index is 1.95. The van der Waals surface area contributed by atoms with E-state index in [1.165, 1.54) is 6.92 Å². The van der Waals surface area contributed by atoms with E-state index in [2.05, 4.69) is 20.8 Å². The maximum absolute atomic E-state index is 12.9. The van der Waals surface area contributed by atoms with Crippen LogP contribution in [0.1, 0.15) is 18.9 Å². The van der Waals surface area contributed by atoms with Gasteiger partial charge in [-0.25, -0.2) is 0 Å². The molecule has 2 aliphatic heterocycles. The van der Waals surface area contributed by atoms with E-state index < -0.39 is 11.5 Å². The van der Waals surface area contributed by atoms with E-state index in [1.54, 1.807) is 17.0 Å². The van der Waals surface area contributed by atoms with Gasteiger partial charge >= 0.3 is 0 Å². The lowest BCUT2D eigenvalue weighted by Crippen LogP contribution is -2.48. The maximum atomic E-state index is 12.9. The second-order valence-corrected chi connectivity index (χ2v) is 6.92. The van der Waals surface area contributed by atoms with Crippen LogP contribution in [0.4, 0.5) is 5.69 Å². The van der Waals surface area contributed by atoms with Gasteiger partial charge in [0.25, 0.3) is 5.91 Å². The number of benzene rings is 1. The molecule has 124 valence electrons. The number of hydrogen-bond donors (Lipinski definition) is 1. The number of ketones is 1. The Morgan fingerprint density at radius 3 is 2.74 bits per heavy atom. The molecule has 0 aliphatic carbocycles. The van der Waals surface area contributed by atoms with Crippen LogP contribution >= 0.6 is 15.9 Å². The number of carbonyl (C=O) groups excluding carboxylic acids is 2. The fourth-order valence-corrected chi connectivity index (χ4v) is 3.50. The highest BCUT2D eigenvalue weighted by molar-refractivity contribution is 9.10. The summed E-state index contributed by atoms with van der Waals surface area (Å²) in [6.07, 6.45) is -0.213. The molecule has 1 saturated heterocycles. The number of amides is 1. The molecule has 2 aliphatic rings. The molecule has 1 unspecified atom stereocenters. The molecule has 0 radical (unpaired) electrons. The number of aliphatic hydroxyl groups is 1. The molecule has 3 rings (SSSR count). The van der Waals surface area contributed by atoms with E-state index >= 15 is 0 Å². The average molecular weight is 383 g/mol. The van der Waals surface area contributed by atoms with E-state index in [9.17, 15) is 14.7 Å². The molecule has 1 N–H and O–H groups in total. The largest absolute Gasteiger partial charge is 0.379 e. The zero-order chi connectivity index (χ0) is 16.6. The van der Waals surface area contributed by atoms with E-state index in [0.29, 0.717) is 31.1 Å². The molecule has 0 spiro atoms. The summed E-state index contributed by atoms with van der Waals surface area (Å²) in [5.74, 6) is -0.660. The number of nitrogens with zero attached hydrogens (tertiary/aromatic N) is 2. The molecule has 1 aromatic rings. The van der Waals surface area contributed by atoms with Crippen molar-refractivity contribution in [1.82, 2.24) is 4.90 Å². The lowest BCUT2D eigenvalue weighted by atomic mass is 9.90.